The molecule has 1 aliphatic heterocycles. The highest BCUT2D eigenvalue weighted by Crippen LogP contribution is 2.24. The van der Waals surface area contributed by atoms with Crippen LogP contribution in [0.4, 0.5) is 4.79 Å². The Balaban J connectivity index is 1.75. The summed E-state index contributed by atoms with van der Waals surface area (Å²) in [6.45, 7) is 10.5. The van der Waals surface area contributed by atoms with Gasteiger partial charge < -0.3 is 15.0 Å². The van der Waals surface area contributed by atoms with E-state index in [0.717, 1.165) is 23.2 Å². The summed E-state index contributed by atoms with van der Waals surface area (Å²) in [6.07, 6.45) is 1.25. The highest BCUT2D eigenvalue weighted by atomic mass is 16.6. The number of nitrogens with zero attached hydrogens (tertiary/aromatic N) is 3. The average Bonchev–Trinajstić information content (AvgIpc) is 3.03. The second kappa shape index (κ2) is 8.50. The Kier molecular flexibility index (Phi) is 6.19. The van der Waals surface area contributed by atoms with Crippen LogP contribution < -0.4 is 5.32 Å². The third kappa shape index (κ3) is 4.83. The van der Waals surface area contributed by atoms with Gasteiger partial charge in [0.05, 0.1) is 12.6 Å². The molecule has 0 spiro atoms. The first-order valence-corrected chi connectivity index (χ1v) is 10.5. The molecular weight excluding hydrogens is 380 g/mol. The molecule has 0 bridgehead atoms. The van der Waals surface area contributed by atoms with Gasteiger partial charge in [0.25, 0.3) is 5.91 Å². The summed E-state index contributed by atoms with van der Waals surface area (Å²) in [5, 5.41) is 7.51. The lowest BCUT2D eigenvalue weighted by Crippen LogP contribution is -2.40. The molecular formula is C23H32N4O3. The molecule has 1 unspecified atom stereocenters. The van der Waals surface area contributed by atoms with E-state index in [-0.39, 0.29) is 18.0 Å². The van der Waals surface area contributed by atoms with E-state index in [1.54, 1.807) is 9.58 Å². The van der Waals surface area contributed by atoms with Gasteiger partial charge in [0.1, 0.15) is 5.60 Å². The lowest BCUT2D eigenvalue weighted by molar-refractivity contribution is 0.0221. The molecule has 0 aliphatic carbocycles. The Morgan fingerprint density at radius 3 is 2.50 bits per heavy atom. The van der Waals surface area contributed by atoms with Gasteiger partial charge in [0, 0.05) is 31.3 Å². The number of benzene rings is 1. The Hall–Kier alpha value is -2.83. The summed E-state index contributed by atoms with van der Waals surface area (Å²) < 4.78 is 7.25. The van der Waals surface area contributed by atoms with Gasteiger partial charge in [0.15, 0.2) is 5.69 Å². The quantitative estimate of drug-likeness (QED) is 0.829. The molecule has 0 saturated heterocycles. The van der Waals surface area contributed by atoms with Crippen molar-refractivity contribution in [1.82, 2.24) is 20.0 Å². The predicted molar refractivity (Wildman–Crippen MR) is 115 cm³/mol. The Morgan fingerprint density at radius 2 is 1.90 bits per heavy atom. The molecule has 162 valence electrons. The van der Waals surface area contributed by atoms with E-state index in [1.807, 2.05) is 46.9 Å². The number of hydrogen-bond acceptors (Lipinski definition) is 4. The highest BCUT2D eigenvalue weighted by Gasteiger charge is 2.31. The maximum atomic E-state index is 13.0. The Morgan fingerprint density at radius 1 is 1.23 bits per heavy atom. The minimum Gasteiger partial charge on any atom is -0.444 e. The van der Waals surface area contributed by atoms with Crippen LogP contribution in [0.2, 0.25) is 0 Å². The molecule has 1 aliphatic rings. The van der Waals surface area contributed by atoms with Crippen molar-refractivity contribution in [2.24, 2.45) is 7.05 Å². The summed E-state index contributed by atoms with van der Waals surface area (Å²) in [5.41, 5.74) is 3.90. The van der Waals surface area contributed by atoms with E-state index in [1.165, 1.54) is 5.56 Å². The first-order chi connectivity index (χ1) is 14.1. The van der Waals surface area contributed by atoms with Crippen LogP contribution in [0.15, 0.2) is 24.3 Å². The van der Waals surface area contributed by atoms with Gasteiger partial charge in [-0.15, -0.1) is 0 Å². The van der Waals surface area contributed by atoms with E-state index in [0.29, 0.717) is 25.2 Å². The minimum atomic E-state index is -0.560. The van der Waals surface area contributed by atoms with Crippen LogP contribution in [-0.4, -0.2) is 38.8 Å². The molecule has 0 radical (unpaired) electrons. The van der Waals surface area contributed by atoms with Gasteiger partial charge in [0.2, 0.25) is 0 Å². The van der Waals surface area contributed by atoms with Gasteiger partial charge in [-0.05, 0) is 45.2 Å². The second-order valence-electron chi connectivity index (χ2n) is 8.84. The number of rotatable bonds is 4. The molecule has 30 heavy (non-hydrogen) atoms. The summed E-state index contributed by atoms with van der Waals surface area (Å²) in [5.74, 6) is -0.232. The topological polar surface area (TPSA) is 76.5 Å². The summed E-state index contributed by atoms with van der Waals surface area (Å²) in [6, 6.07) is 8.11. The van der Waals surface area contributed by atoms with Crippen LogP contribution >= 0.6 is 0 Å². The highest BCUT2D eigenvalue weighted by molar-refractivity contribution is 5.94. The summed E-state index contributed by atoms with van der Waals surface area (Å²) in [4.78, 5) is 27.2. The fourth-order valence-corrected chi connectivity index (χ4v) is 3.65. The van der Waals surface area contributed by atoms with Crippen molar-refractivity contribution in [3.8, 4) is 0 Å². The second-order valence-corrected chi connectivity index (χ2v) is 8.84. The van der Waals surface area contributed by atoms with Crippen molar-refractivity contribution in [2.75, 3.05) is 6.54 Å². The summed E-state index contributed by atoms with van der Waals surface area (Å²) >= 11 is 0. The molecule has 7 heteroatoms. The molecule has 1 aromatic heterocycles. The van der Waals surface area contributed by atoms with Gasteiger partial charge in [-0.2, -0.15) is 5.10 Å². The predicted octanol–water partition coefficient (Wildman–Crippen LogP) is 3.77. The number of nitrogens with one attached hydrogen (secondary N) is 1. The Labute approximate surface area is 178 Å². The first kappa shape index (κ1) is 21.9. The third-order valence-corrected chi connectivity index (χ3v) is 5.34. The van der Waals surface area contributed by atoms with E-state index in [2.05, 4.69) is 29.5 Å². The van der Waals surface area contributed by atoms with E-state index >= 15 is 0 Å². The smallest absolute Gasteiger partial charge is 0.410 e. The van der Waals surface area contributed by atoms with Crippen molar-refractivity contribution in [2.45, 2.75) is 65.6 Å². The normalized spacial score (nSPS) is 14.8. The van der Waals surface area contributed by atoms with Crippen molar-refractivity contribution in [3.63, 3.8) is 0 Å². The molecule has 0 fully saturated rings. The standard InChI is InChI=1S/C23H32N4O3/c1-7-16-8-10-17(11-9-16)15(2)24-21(28)20-18-14-27(22(29)30-23(3,4)5)13-12-19(18)26(6)25-20/h8-11,15H,7,12-14H2,1-6H3,(H,24,28). The first-order valence-electron chi connectivity index (χ1n) is 10.5. The maximum Gasteiger partial charge on any atom is 0.410 e. The number of fused-ring (bicyclic) bond motifs is 1. The van der Waals surface area contributed by atoms with Crippen molar-refractivity contribution >= 4 is 12.0 Å². The van der Waals surface area contributed by atoms with E-state index in [4.69, 9.17) is 4.74 Å². The number of carbonyl (C=O) groups excluding carboxylic acids is 2. The lowest BCUT2D eigenvalue weighted by atomic mass is 10.0. The number of amides is 2. The van der Waals surface area contributed by atoms with Gasteiger partial charge in [-0.25, -0.2) is 4.79 Å². The van der Waals surface area contributed by atoms with E-state index in [9.17, 15) is 9.59 Å². The molecule has 2 heterocycles. The van der Waals surface area contributed by atoms with Crippen LogP contribution in [-0.2, 0) is 31.2 Å². The largest absolute Gasteiger partial charge is 0.444 e. The number of ether oxygens (including phenoxy) is 1. The van der Waals surface area contributed by atoms with Crippen LogP contribution in [0.5, 0.6) is 0 Å². The number of carbonyl (C=O) groups is 2. The monoisotopic (exact) mass is 412 g/mol. The zero-order valence-corrected chi connectivity index (χ0v) is 18.8. The molecule has 7 nitrogen and oxygen atoms in total. The molecule has 1 aromatic carbocycles. The molecule has 2 amide bonds. The molecule has 0 saturated carbocycles. The van der Waals surface area contributed by atoms with Crippen LogP contribution in [0.1, 0.15) is 73.5 Å². The zero-order valence-electron chi connectivity index (χ0n) is 18.8. The van der Waals surface area contributed by atoms with Crippen LogP contribution in [0.25, 0.3) is 0 Å². The van der Waals surface area contributed by atoms with Gasteiger partial charge >= 0.3 is 6.09 Å². The molecule has 2 aromatic rings. The SMILES string of the molecule is CCc1ccc(C(C)NC(=O)c2nn(C)c3c2CN(C(=O)OC(C)(C)C)CC3)cc1. The molecule has 3 rings (SSSR count). The number of hydrogen-bond donors (Lipinski definition) is 1. The lowest BCUT2D eigenvalue weighted by Gasteiger charge is -2.30. The molecule has 1 N–H and O–H groups in total. The minimum absolute atomic E-state index is 0.147. The third-order valence-electron chi connectivity index (χ3n) is 5.34. The summed E-state index contributed by atoms with van der Waals surface area (Å²) in [7, 11) is 1.84. The van der Waals surface area contributed by atoms with Crippen molar-refractivity contribution in [1.29, 1.82) is 0 Å². The van der Waals surface area contributed by atoms with Crippen molar-refractivity contribution in [3.05, 3.63) is 52.3 Å². The van der Waals surface area contributed by atoms with Gasteiger partial charge in [-0.1, -0.05) is 31.2 Å². The van der Waals surface area contributed by atoms with Crippen molar-refractivity contribution < 1.29 is 14.3 Å². The number of aromatic nitrogens is 2. The van der Waals surface area contributed by atoms with Crippen LogP contribution in [0, 0.1) is 0 Å². The average molecular weight is 413 g/mol. The fourth-order valence-electron chi connectivity index (χ4n) is 3.65. The fraction of sp³-hybridized carbons (Fsp3) is 0.522. The molecule has 1 atom stereocenters. The van der Waals surface area contributed by atoms with E-state index < -0.39 is 5.60 Å². The van der Waals surface area contributed by atoms with Crippen LogP contribution in [0.3, 0.4) is 0 Å². The van der Waals surface area contributed by atoms with Gasteiger partial charge in [-0.3, -0.25) is 9.48 Å². The Bertz CT molecular complexity index is 925. The zero-order chi connectivity index (χ0) is 22.1. The maximum absolute atomic E-state index is 13.0. The number of aryl methyl sites for hydroxylation is 2.